The van der Waals surface area contributed by atoms with E-state index in [1.807, 2.05) is 55.5 Å². The number of fused-ring (bicyclic) bond motifs is 1. The second kappa shape index (κ2) is 7.85. The van der Waals surface area contributed by atoms with E-state index in [0.717, 1.165) is 34.3 Å². The van der Waals surface area contributed by atoms with Gasteiger partial charge in [-0.1, -0.05) is 48.0 Å². The standard InChI is InChI=1S/C21H22ClN3O/c1-14-18(22)10-9-16-17(21(26)23-11-12-25(2)3)13-19(24-20(14)16)15-7-5-4-6-8-15/h4-10,13H,11-12H2,1-3H3,(H,23,26)/p+1. The Balaban J connectivity index is 2.11. The lowest BCUT2D eigenvalue weighted by molar-refractivity contribution is -0.856. The molecular weight excluding hydrogens is 346 g/mol. The average Bonchev–Trinajstić information content (AvgIpc) is 2.64. The first-order chi connectivity index (χ1) is 12.5. The van der Waals surface area contributed by atoms with Gasteiger partial charge in [0.2, 0.25) is 0 Å². The monoisotopic (exact) mass is 368 g/mol. The maximum atomic E-state index is 12.8. The van der Waals surface area contributed by atoms with Crippen molar-refractivity contribution in [2.45, 2.75) is 6.92 Å². The summed E-state index contributed by atoms with van der Waals surface area (Å²) in [4.78, 5) is 18.9. The van der Waals surface area contributed by atoms with Gasteiger partial charge in [0.1, 0.15) is 0 Å². The summed E-state index contributed by atoms with van der Waals surface area (Å²) in [5.41, 5.74) is 4.02. The van der Waals surface area contributed by atoms with Crippen LogP contribution < -0.4 is 10.2 Å². The number of pyridine rings is 1. The van der Waals surface area contributed by atoms with Crippen molar-refractivity contribution in [1.29, 1.82) is 0 Å². The number of aryl methyl sites for hydroxylation is 1. The van der Waals surface area contributed by atoms with Crippen molar-refractivity contribution in [2.24, 2.45) is 0 Å². The lowest BCUT2D eigenvalue weighted by atomic mass is 10.0. The first-order valence-electron chi connectivity index (χ1n) is 8.70. The summed E-state index contributed by atoms with van der Waals surface area (Å²) >= 11 is 6.29. The van der Waals surface area contributed by atoms with Crippen molar-refractivity contribution in [1.82, 2.24) is 10.3 Å². The van der Waals surface area contributed by atoms with Gasteiger partial charge in [0, 0.05) is 16.0 Å². The van der Waals surface area contributed by atoms with Gasteiger partial charge in [-0.2, -0.15) is 0 Å². The van der Waals surface area contributed by atoms with Crippen LogP contribution in [0.2, 0.25) is 5.02 Å². The highest BCUT2D eigenvalue weighted by atomic mass is 35.5. The second-order valence-electron chi connectivity index (χ2n) is 6.70. The highest BCUT2D eigenvalue weighted by Crippen LogP contribution is 2.30. The molecule has 2 aromatic carbocycles. The van der Waals surface area contributed by atoms with Gasteiger partial charge in [-0.05, 0) is 24.6 Å². The summed E-state index contributed by atoms with van der Waals surface area (Å²) in [5.74, 6) is -0.0856. The van der Waals surface area contributed by atoms with Crippen LogP contribution in [0.1, 0.15) is 15.9 Å². The van der Waals surface area contributed by atoms with Crippen LogP contribution in [-0.2, 0) is 0 Å². The molecule has 26 heavy (non-hydrogen) atoms. The van der Waals surface area contributed by atoms with Crippen molar-refractivity contribution in [3.05, 3.63) is 64.7 Å². The Morgan fingerprint density at radius 1 is 1.15 bits per heavy atom. The molecule has 0 unspecified atom stereocenters. The van der Waals surface area contributed by atoms with E-state index in [1.165, 1.54) is 4.90 Å². The van der Waals surface area contributed by atoms with Crippen LogP contribution in [0.15, 0.2) is 48.5 Å². The van der Waals surface area contributed by atoms with Gasteiger partial charge in [-0.15, -0.1) is 0 Å². The Kier molecular flexibility index (Phi) is 5.55. The van der Waals surface area contributed by atoms with Gasteiger partial charge < -0.3 is 10.2 Å². The lowest BCUT2D eigenvalue weighted by Gasteiger charge is -2.13. The van der Waals surface area contributed by atoms with E-state index in [2.05, 4.69) is 19.4 Å². The molecular formula is C21H23ClN3O+. The number of amides is 1. The number of benzene rings is 2. The first-order valence-corrected chi connectivity index (χ1v) is 9.07. The molecule has 0 radical (unpaired) electrons. The number of hydrogen-bond acceptors (Lipinski definition) is 2. The van der Waals surface area contributed by atoms with Crippen LogP contribution in [0.4, 0.5) is 0 Å². The van der Waals surface area contributed by atoms with E-state index in [-0.39, 0.29) is 5.91 Å². The van der Waals surface area contributed by atoms with E-state index in [9.17, 15) is 4.79 Å². The van der Waals surface area contributed by atoms with Gasteiger partial charge in [-0.25, -0.2) is 4.98 Å². The first kappa shape index (κ1) is 18.4. The topological polar surface area (TPSA) is 46.4 Å². The third-order valence-electron chi connectivity index (χ3n) is 4.39. The molecule has 2 N–H and O–H groups in total. The summed E-state index contributed by atoms with van der Waals surface area (Å²) in [7, 11) is 4.12. The van der Waals surface area contributed by atoms with Crippen molar-refractivity contribution >= 4 is 28.4 Å². The van der Waals surface area contributed by atoms with Gasteiger partial charge in [0.25, 0.3) is 5.91 Å². The second-order valence-corrected chi connectivity index (χ2v) is 7.11. The van der Waals surface area contributed by atoms with Gasteiger partial charge >= 0.3 is 0 Å². The molecule has 0 saturated carbocycles. The molecule has 0 bridgehead atoms. The number of aromatic nitrogens is 1. The van der Waals surface area contributed by atoms with Crippen LogP contribution in [0.25, 0.3) is 22.2 Å². The Morgan fingerprint density at radius 2 is 1.88 bits per heavy atom. The van der Waals surface area contributed by atoms with E-state index in [1.54, 1.807) is 0 Å². The molecule has 4 nitrogen and oxygen atoms in total. The Morgan fingerprint density at radius 3 is 2.58 bits per heavy atom. The Hall–Kier alpha value is -2.43. The zero-order valence-corrected chi connectivity index (χ0v) is 16.0. The smallest absolute Gasteiger partial charge is 0.252 e. The number of likely N-dealkylation sites (N-methyl/N-ethyl adjacent to an activating group) is 1. The predicted molar refractivity (Wildman–Crippen MR) is 107 cm³/mol. The minimum absolute atomic E-state index is 0.0856. The molecule has 0 fully saturated rings. The quantitative estimate of drug-likeness (QED) is 0.727. The molecule has 0 aliphatic heterocycles. The van der Waals surface area contributed by atoms with Crippen molar-refractivity contribution in [3.63, 3.8) is 0 Å². The van der Waals surface area contributed by atoms with Gasteiger partial charge in [0.05, 0.1) is 44.0 Å². The fourth-order valence-electron chi connectivity index (χ4n) is 2.87. The fourth-order valence-corrected chi connectivity index (χ4v) is 3.02. The van der Waals surface area contributed by atoms with Crippen LogP contribution in [-0.4, -0.2) is 38.1 Å². The number of rotatable bonds is 5. The minimum Gasteiger partial charge on any atom is -0.346 e. The Bertz CT molecular complexity index is 939. The van der Waals surface area contributed by atoms with E-state index >= 15 is 0 Å². The van der Waals surface area contributed by atoms with Crippen LogP contribution in [0, 0.1) is 6.92 Å². The summed E-state index contributed by atoms with van der Waals surface area (Å²) in [6, 6.07) is 15.4. The van der Waals surface area contributed by atoms with Crippen LogP contribution in [0.3, 0.4) is 0 Å². The Labute approximate surface area is 158 Å². The van der Waals surface area contributed by atoms with E-state index in [0.29, 0.717) is 17.1 Å². The minimum atomic E-state index is -0.0856. The molecule has 0 aliphatic rings. The number of nitrogens with one attached hydrogen (secondary N) is 2. The zero-order chi connectivity index (χ0) is 18.7. The summed E-state index contributed by atoms with van der Waals surface area (Å²) in [5, 5.41) is 4.49. The number of quaternary nitrogens is 1. The largest absolute Gasteiger partial charge is 0.346 e. The van der Waals surface area contributed by atoms with E-state index < -0.39 is 0 Å². The third-order valence-corrected chi connectivity index (χ3v) is 4.80. The number of halogens is 1. The molecule has 0 atom stereocenters. The van der Waals surface area contributed by atoms with Crippen molar-refractivity contribution in [3.8, 4) is 11.3 Å². The summed E-state index contributed by atoms with van der Waals surface area (Å²) in [6.07, 6.45) is 0. The molecule has 1 aromatic heterocycles. The average molecular weight is 369 g/mol. The molecule has 134 valence electrons. The summed E-state index contributed by atoms with van der Waals surface area (Å²) in [6.45, 7) is 3.42. The van der Waals surface area contributed by atoms with Crippen LogP contribution in [0.5, 0.6) is 0 Å². The lowest BCUT2D eigenvalue weighted by Crippen LogP contribution is -3.06. The molecule has 0 spiro atoms. The molecule has 1 amide bonds. The SMILES string of the molecule is Cc1c(Cl)ccc2c(C(=O)NCC[NH+](C)C)cc(-c3ccccc3)nc12. The molecule has 5 heteroatoms. The number of carbonyl (C=O) groups excluding carboxylic acids is 1. The maximum absolute atomic E-state index is 12.8. The van der Waals surface area contributed by atoms with Gasteiger partial charge in [0.15, 0.2) is 0 Å². The highest BCUT2D eigenvalue weighted by Gasteiger charge is 2.16. The molecule has 3 rings (SSSR count). The number of nitrogens with zero attached hydrogens (tertiary/aromatic N) is 1. The van der Waals surface area contributed by atoms with Crippen LogP contribution >= 0.6 is 11.6 Å². The van der Waals surface area contributed by atoms with Crippen molar-refractivity contribution < 1.29 is 9.69 Å². The highest BCUT2D eigenvalue weighted by molar-refractivity contribution is 6.32. The maximum Gasteiger partial charge on any atom is 0.252 e. The third kappa shape index (κ3) is 3.87. The van der Waals surface area contributed by atoms with Crippen molar-refractivity contribution in [2.75, 3.05) is 27.2 Å². The fraction of sp³-hybridized carbons (Fsp3) is 0.238. The van der Waals surface area contributed by atoms with Gasteiger partial charge in [-0.3, -0.25) is 4.79 Å². The zero-order valence-electron chi connectivity index (χ0n) is 15.3. The molecule has 3 aromatic rings. The normalized spacial score (nSPS) is 11.1. The van der Waals surface area contributed by atoms with E-state index in [4.69, 9.17) is 16.6 Å². The molecule has 0 aliphatic carbocycles. The molecule has 1 heterocycles. The molecule has 0 saturated heterocycles. The predicted octanol–water partition coefficient (Wildman–Crippen LogP) is 2.74. The number of carbonyl (C=O) groups is 1. The number of hydrogen-bond donors (Lipinski definition) is 2. The summed E-state index contributed by atoms with van der Waals surface area (Å²) < 4.78 is 0.